The molecule has 250 valence electrons. The summed E-state index contributed by atoms with van der Waals surface area (Å²) >= 11 is 0. The summed E-state index contributed by atoms with van der Waals surface area (Å²) in [6, 6.07) is 32.5. The van der Waals surface area contributed by atoms with Crippen LogP contribution in [0.25, 0.3) is 0 Å². The van der Waals surface area contributed by atoms with Crippen LogP contribution in [0.5, 0.6) is 23.0 Å². The molecule has 4 aromatic carbocycles. The number of aliphatic hydroxyl groups excluding tert-OH is 1. The van der Waals surface area contributed by atoms with Crippen LogP contribution < -0.4 is 18.9 Å². The Morgan fingerprint density at radius 2 is 0.915 bits per heavy atom. The summed E-state index contributed by atoms with van der Waals surface area (Å²) in [4.78, 5) is 0. The monoisotopic (exact) mass is 640 g/mol. The first-order valence-electron chi connectivity index (χ1n) is 16.7. The Morgan fingerprint density at radius 1 is 0.596 bits per heavy atom. The second-order valence-corrected chi connectivity index (χ2v) is 12.3. The summed E-state index contributed by atoms with van der Waals surface area (Å²) in [7, 11) is 0. The zero-order valence-electron chi connectivity index (χ0n) is 28.2. The van der Waals surface area contributed by atoms with Gasteiger partial charge in [-0.05, 0) is 70.8 Å². The lowest BCUT2D eigenvalue weighted by molar-refractivity contribution is 0.0626. The van der Waals surface area contributed by atoms with E-state index in [2.05, 4.69) is 69.3 Å². The second kappa shape index (κ2) is 16.2. The van der Waals surface area contributed by atoms with Crippen LogP contribution in [-0.2, 0) is 14.9 Å². The fraction of sp³-hybridized carbons (Fsp3) is 0.400. The summed E-state index contributed by atoms with van der Waals surface area (Å²) in [6.07, 6.45) is -0.274. The molecule has 0 amide bonds. The Bertz CT molecular complexity index is 1490. The molecule has 0 spiro atoms. The molecule has 7 nitrogen and oxygen atoms in total. The maximum Gasteiger partial charge on any atom is 0.122 e. The Hall–Kier alpha value is -4.04. The number of rotatable bonds is 16. The molecule has 0 saturated carbocycles. The van der Waals surface area contributed by atoms with Crippen LogP contribution in [0, 0.1) is 0 Å². The van der Waals surface area contributed by atoms with Crippen LogP contribution in [-0.4, -0.2) is 63.1 Å². The van der Waals surface area contributed by atoms with Crippen LogP contribution >= 0.6 is 0 Å². The van der Waals surface area contributed by atoms with Gasteiger partial charge in [0.1, 0.15) is 67.7 Å². The first kappa shape index (κ1) is 34.3. The van der Waals surface area contributed by atoms with Crippen molar-refractivity contribution >= 4 is 0 Å². The van der Waals surface area contributed by atoms with Gasteiger partial charge >= 0.3 is 0 Å². The number of aliphatic hydroxyl groups is 1. The number of benzene rings is 4. The van der Waals surface area contributed by atoms with E-state index in [1.54, 1.807) is 0 Å². The van der Waals surface area contributed by atoms with Crippen molar-refractivity contribution in [1.82, 2.24) is 0 Å². The summed E-state index contributed by atoms with van der Waals surface area (Å²) < 4.78 is 33.6. The van der Waals surface area contributed by atoms with Crippen LogP contribution in [0.3, 0.4) is 0 Å². The highest BCUT2D eigenvalue weighted by molar-refractivity contribution is 5.42. The maximum absolute atomic E-state index is 10.5. The molecule has 7 heteroatoms. The van der Waals surface area contributed by atoms with Gasteiger partial charge in [0.2, 0.25) is 0 Å². The molecule has 1 N–H and O–H groups in total. The smallest absolute Gasteiger partial charge is 0.122 e. The van der Waals surface area contributed by atoms with Crippen molar-refractivity contribution in [3.63, 3.8) is 0 Å². The molecule has 4 aromatic rings. The molecule has 0 bridgehead atoms. The van der Waals surface area contributed by atoms with Gasteiger partial charge in [0, 0.05) is 11.3 Å². The lowest BCUT2D eigenvalue weighted by Gasteiger charge is -2.26. The van der Waals surface area contributed by atoms with E-state index in [-0.39, 0.29) is 36.8 Å². The minimum atomic E-state index is -0.765. The molecule has 2 saturated heterocycles. The number of hydrogen-bond donors (Lipinski definition) is 1. The fourth-order valence-corrected chi connectivity index (χ4v) is 5.14. The SMILES string of the molecule is CC.CC(c1ccc(OCC(O)COc2ccc(C(C)(C)c3ccc(OCC4CO4)cc3)cc2)cc1)c1ccc(OCC2CO2)cc1. The van der Waals surface area contributed by atoms with Gasteiger partial charge in [-0.2, -0.15) is 0 Å². The van der Waals surface area contributed by atoms with E-state index in [4.69, 9.17) is 28.4 Å². The van der Waals surface area contributed by atoms with Gasteiger partial charge in [-0.3, -0.25) is 0 Å². The molecule has 2 aliphatic rings. The lowest BCUT2D eigenvalue weighted by Crippen LogP contribution is -2.25. The van der Waals surface area contributed by atoms with Gasteiger partial charge in [0.05, 0.1) is 13.2 Å². The maximum atomic E-state index is 10.5. The normalized spacial score (nSPS) is 17.8. The minimum absolute atomic E-state index is 0.138. The molecule has 0 aliphatic carbocycles. The molecule has 47 heavy (non-hydrogen) atoms. The summed E-state index contributed by atoms with van der Waals surface area (Å²) in [6.45, 7) is 13.6. The summed E-state index contributed by atoms with van der Waals surface area (Å²) in [5, 5.41) is 10.5. The molecule has 0 aromatic heterocycles. The van der Waals surface area contributed by atoms with Crippen molar-refractivity contribution in [2.45, 2.75) is 64.3 Å². The summed E-state index contributed by atoms with van der Waals surface area (Å²) in [5.41, 5.74) is 4.57. The average molecular weight is 641 g/mol. The van der Waals surface area contributed by atoms with Crippen LogP contribution in [0.1, 0.15) is 62.8 Å². The Kier molecular flexibility index (Phi) is 11.8. The van der Waals surface area contributed by atoms with E-state index in [0.717, 1.165) is 24.7 Å². The van der Waals surface area contributed by atoms with E-state index in [9.17, 15) is 5.11 Å². The number of hydrogen-bond acceptors (Lipinski definition) is 7. The summed E-state index contributed by atoms with van der Waals surface area (Å²) in [5.74, 6) is 3.35. The van der Waals surface area contributed by atoms with Crippen molar-refractivity contribution in [3.05, 3.63) is 119 Å². The third kappa shape index (κ3) is 9.97. The minimum Gasteiger partial charge on any atom is -0.491 e. The molecule has 2 aliphatic heterocycles. The van der Waals surface area contributed by atoms with Gasteiger partial charge < -0.3 is 33.5 Å². The van der Waals surface area contributed by atoms with E-state index in [0.29, 0.717) is 24.7 Å². The van der Waals surface area contributed by atoms with Gasteiger partial charge in [0.25, 0.3) is 0 Å². The molecule has 4 unspecified atom stereocenters. The lowest BCUT2D eigenvalue weighted by atomic mass is 9.78. The van der Waals surface area contributed by atoms with E-state index < -0.39 is 6.10 Å². The zero-order valence-corrected chi connectivity index (χ0v) is 28.2. The predicted octanol–water partition coefficient (Wildman–Crippen LogP) is 7.56. The fourth-order valence-electron chi connectivity index (χ4n) is 5.14. The quantitative estimate of drug-likeness (QED) is 0.127. The standard InChI is InChI=1S/C38H42O7.C2H6/c1-26(28-6-14-33(15-7-28)42-22-36-24-44-36)27-4-12-32(13-5-27)40-20-31(39)21-41-34-16-8-29(9-17-34)38(2,3)30-10-18-35(19-11-30)43-23-37-25-45-37;1-2/h4-19,26,31,36-37,39H,20-25H2,1-3H3;1-2H3. The van der Waals surface area contributed by atoms with Gasteiger partial charge in [-0.1, -0.05) is 83.1 Å². The number of epoxide rings is 2. The zero-order chi connectivity index (χ0) is 33.2. The molecule has 0 radical (unpaired) electrons. The van der Waals surface area contributed by atoms with Crippen molar-refractivity contribution in [2.24, 2.45) is 0 Å². The molecule has 2 fully saturated rings. The highest BCUT2D eigenvalue weighted by Gasteiger charge is 2.25. The Morgan fingerprint density at radius 3 is 1.26 bits per heavy atom. The average Bonchev–Trinajstić information content (AvgIpc) is 4.06. The van der Waals surface area contributed by atoms with Crippen molar-refractivity contribution in [3.8, 4) is 23.0 Å². The van der Waals surface area contributed by atoms with Crippen LogP contribution in [0.4, 0.5) is 0 Å². The van der Waals surface area contributed by atoms with Crippen molar-refractivity contribution in [2.75, 3.05) is 39.6 Å². The molecule has 4 atom stereocenters. The molecular weight excluding hydrogens is 592 g/mol. The van der Waals surface area contributed by atoms with E-state index in [1.807, 2.05) is 62.4 Å². The van der Waals surface area contributed by atoms with Crippen molar-refractivity contribution < 1.29 is 33.5 Å². The first-order chi connectivity index (χ1) is 22.8. The predicted molar refractivity (Wildman–Crippen MR) is 184 cm³/mol. The van der Waals surface area contributed by atoms with E-state index >= 15 is 0 Å². The third-order valence-electron chi connectivity index (χ3n) is 8.47. The van der Waals surface area contributed by atoms with Crippen LogP contribution in [0.15, 0.2) is 97.1 Å². The van der Waals surface area contributed by atoms with E-state index in [1.165, 1.54) is 22.3 Å². The van der Waals surface area contributed by atoms with Gasteiger partial charge in [-0.15, -0.1) is 0 Å². The molecular formula is C40H48O7. The Labute approximate surface area is 279 Å². The first-order valence-corrected chi connectivity index (χ1v) is 16.7. The highest BCUT2D eigenvalue weighted by atomic mass is 16.6. The van der Waals surface area contributed by atoms with Gasteiger partial charge in [-0.25, -0.2) is 0 Å². The topological polar surface area (TPSA) is 82.2 Å². The van der Waals surface area contributed by atoms with Crippen molar-refractivity contribution in [1.29, 1.82) is 0 Å². The highest BCUT2D eigenvalue weighted by Crippen LogP contribution is 2.34. The Balaban J connectivity index is 0.00000213. The second-order valence-electron chi connectivity index (χ2n) is 12.3. The molecule has 6 rings (SSSR count). The van der Waals surface area contributed by atoms with Crippen LogP contribution in [0.2, 0.25) is 0 Å². The van der Waals surface area contributed by atoms with Gasteiger partial charge in [0.15, 0.2) is 0 Å². The molecule has 2 heterocycles. The largest absolute Gasteiger partial charge is 0.491 e. The third-order valence-corrected chi connectivity index (χ3v) is 8.47. The number of ether oxygens (including phenoxy) is 6.